The van der Waals surface area contributed by atoms with E-state index in [2.05, 4.69) is 20.4 Å². The second kappa shape index (κ2) is 6.35. The van der Waals surface area contributed by atoms with E-state index in [9.17, 15) is 4.79 Å². The van der Waals surface area contributed by atoms with Gasteiger partial charge in [0, 0.05) is 30.7 Å². The van der Waals surface area contributed by atoms with Gasteiger partial charge in [0.2, 0.25) is 0 Å². The fourth-order valence-electron chi connectivity index (χ4n) is 2.83. The van der Waals surface area contributed by atoms with E-state index in [0.717, 1.165) is 25.7 Å². The van der Waals surface area contributed by atoms with Crippen LogP contribution in [0.1, 0.15) is 37.4 Å². The molecule has 7 heteroatoms. The third-order valence-corrected chi connectivity index (χ3v) is 3.93. The lowest BCUT2D eigenvalue weighted by molar-refractivity contribution is 0.303. The van der Waals surface area contributed by atoms with Crippen molar-refractivity contribution in [3.63, 3.8) is 0 Å². The normalized spacial score (nSPS) is 21.0. The van der Waals surface area contributed by atoms with Gasteiger partial charge in [-0.25, -0.2) is 14.6 Å². The van der Waals surface area contributed by atoms with Crippen LogP contribution in [-0.2, 0) is 0 Å². The number of hydrogen-bond acceptors (Lipinski definition) is 6. The molecule has 1 fully saturated rings. The molecular formula is C15H16N6O. The first-order valence-electron chi connectivity index (χ1n) is 7.29. The Morgan fingerprint density at radius 1 is 1.18 bits per heavy atom. The Kier molecular flexibility index (Phi) is 4.10. The van der Waals surface area contributed by atoms with Crippen molar-refractivity contribution >= 4 is 5.82 Å². The average Bonchev–Trinajstić information content (AvgIpc) is 2.57. The van der Waals surface area contributed by atoms with Gasteiger partial charge in [-0.1, -0.05) is 0 Å². The van der Waals surface area contributed by atoms with Crippen molar-refractivity contribution in [1.82, 2.24) is 19.7 Å². The van der Waals surface area contributed by atoms with Gasteiger partial charge in [-0.2, -0.15) is 10.4 Å². The van der Waals surface area contributed by atoms with Crippen molar-refractivity contribution in [2.45, 2.75) is 37.8 Å². The number of nitrogens with one attached hydrogen (secondary N) is 1. The predicted molar refractivity (Wildman–Crippen MR) is 80.2 cm³/mol. The number of anilines is 1. The van der Waals surface area contributed by atoms with E-state index in [1.807, 2.05) is 6.07 Å². The summed E-state index contributed by atoms with van der Waals surface area (Å²) in [6.07, 6.45) is 8.26. The Morgan fingerprint density at radius 3 is 2.68 bits per heavy atom. The molecule has 0 bridgehead atoms. The molecule has 1 aliphatic rings. The van der Waals surface area contributed by atoms with E-state index in [0.29, 0.717) is 11.5 Å². The Bertz CT molecular complexity index is 742. The van der Waals surface area contributed by atoms with Crippen molar-refractivity contribution in [3.8, 4) is 6.07 Å². The Labute approximate surface area is 127 Å². The van der Waals surface area contributed by atoms with Crippen LogP contribution in [0.15, 0.2) is 35.5 Å². The molecule has 7 nitrogen and oxygen atoms in total. The third kappa shape index (κ3) is 2.96. The quantitative estimate of drug-likeness (QED) is 0.922. The van der Waals surface area contributed by atoms with Crippen molar-refractivity contribution < 1.29 is 0 Å². The zero-order valence-electron chi connectivity index (χ0n) is 12.0. The summed E-state index contributed by atoms with van der Waals surface area (Å²) in [4.78, 5) is 20.0. The molecule has 22 heavy (non-hydrogen) atoms. The molecule has 2 aromatic rings. The molecule has 0 saturated heterocycles. The summed E-state index contributed by atoms with van der Waals surface area (Å²) in [5, 5.41) is 16.5. The predicted octanol–water partition coefficient (Wildman–Crippen LogP) is 1.50. The third-order valence-electron chi connectivity index (χ3n) is 3.93. The molecule has 0 radical (unpaired) electrons. The van der Waals surface area contributed by atoms with Crippen LogP contribution in [-0.4, -0.2) is 25.8 Å². The minimum atomic E-state index is -0.0559. The van der Waals surface area contributed by atoms with Crippen molar-refractivity contribution in [2.24, 2.45) is 0 Å². The highest BCUT2D eigenvalue weighted by Gasteiger charge is 2.24. The van der Waals surface area contributed by atoms with Crippen molar-refractivity contribution in [1.29, 1.82) is 5.26 Å². The topological polar surface area (TPSA) is 96.5 Å². The molecule has 0 aromatic carbocycles. The number of aromatic nitrogens is 4. The summed E-state index contributed by atoms with van der Waals surface area (Å²) in [5.74, 6) is 0.531. The summed E-state index contributed by atoms with van der Waals surface area (Å²) in [6, 6.07) is 5.61. The molecule has 2 heterocycles. The lowest BCUT2D eigenvalue weighted by Gasteiger charge is -2.29. The van der Waals surface area contributed by atoms with Gasteiger partial charge in [-0.05, 0) is 31.7 Å². The van der Waals surface area contributed by atoms with Gasteiger partial charge in [0.05, 0.1) is 6.04 Å². The number of hydrogen-bond donors (Lipinski definition) is 1. The molecule has 2 aromatic heterocycles. The number of rotatable bonds is 3. The number of nitrogens with zero attached hydrogens (tertiary/aromatic N) is 5. The van der Waals surface area contributed by atoms with E-state index in [-0.39, 0.29) is 17.6 Å². The van der Waals surface area contributed by atoms with Gasteiger partial charge >= 0.3 is 0 Å². The largest absolute Gasteiger partial charge is 0.365 e. The zero-order chi connectivity index (χ0) is 15.4. The first-order valence-corrected chi connectivity index (χ1v) is 7.29. The smallest absolute Gasteiger partial charge is 0.266 e. The second-order valence-corrected chi connectivity index (χ2v) is 5.32. The van der Waals surface area contributed by atoms with Crippen LogP contribution in [0.25, 0.3) is 0 Å². The highest BCUT2D eigenvalue weighted by Crippen LogP contribution is 2.28. The summed E-state index contributed by atoms with van der Waals surface area (Å²) in [7, 11) is 0. The van der Waals surface area contributed by atoms with Crippen LogP contribution >= 0.6 is 0 Å². The molecule has 1 saturated carbocycles. The minimum absolute atomic E-state index is 0.0559. The van der Waals surface area contributed by atoms with Crippen LogP contribution in [0.4, 0.5) is 5.82 Å². The maximum absolute atomic E-state index is 11.8. The van der Waals surface area contributed by atoms with Crippen LogP contribution in [0.5, 0.6) is 0 Å². The fraction of sp³-hybridized carbons (Fsp3) is 0.400. The Morgan fingerprint density at radius 2 is 1.95 bits per heavy atom. The standard InChI is InChI=1S/C15H16N6O/c16-10-13-15(18-9-8-17-13)20-11-3-5-12(6-4-11)21-14(22)2-1-7-19-21/h1-2,7-9,11-12H,3-6H2,(H,18,20). The molecule has 0 aliphatic heterocycles. The van der Waals surface area contributed by atoms with E-state index < -0.39 is 0 Å². The lowest BCUT2D eigenvalue weighted by Crippen LogP contribution is -2.33. The lowest BCUT2D eigenvalue weighted by atomic mass is 9.91. The number of nitriles is 1. The van der Waals surface area contributed by atoms with Crippen molar-refractivity contribution in [2.75, 3.05) is 5.32 Å². The summed E-state index contributed by atoms with van der Waals surface area (Å²) in [6.45, 7) is 0. The molecule has 1 N–H and O–H groups in total. The monoisotopic (exact) mass is 296 g/mol. The van der Waals surface area contributed by atoms with Gasteiger partial charge in [0.1, 0.15) is 6.07 Å². The van der Waals surface area contributed by atoms with E-state index >= 15 is 0 Å². The fourth-order valence-corrected chi connectivity index (χ4v) is 2.83. The minimum Gasteiger partial charge on any atom is -0.365 e. The molecule has 3 rings (SSSR count). The Hall–Kier alpha value is -2.75. The van der Waals surface area contributed by atoms with Crippen LogP contribution in [0.3, 0.4) is 0 Å². The van der Waals surface area contributed by atoms with E-state index in [1.165, 1.54) is 12.3 Å². The maximum Gasteiger partial charge on any atom is 0.266 e. The van der Waals surface area contributed by atoms with E-state index in [4.69, 9.17) is 5.26 Å². The highest BCUT2D eigenvalue weighted by atomic mass is 16.1. The van der Waals surface area contributed by atoms with Gasteiger partial charge in [-0.15, -0.1) is 0 Å². The van der Waals surface area contributed by atoms with E-state index in [1.54, 1.807) is 23.1 Å². The second-order valence-electron chi connectivity index (χ2n) is 5.32. The molecule has 0 amide bonds. The molecule has 0 spiro atoms. The maximum atomic E-state index is 11.8. The summed E-state index contributed by atoms with van der Waals surface area (Å²) >= 11 is 0. The summed E-state index contributed by atoms with van der Waals surface area (Å²) < 4.78 is 1.57. The van der Waals surface area contributed by atoms with Gasteiger partial charge in [-0.3, -0.25) is 4.79 Å². The molecule has 112 valence electrons. The first-order chi connectivity index (χ1) is 10.8. The summed E-state index contributed by atoms with van der Waals surface area (Å²) in [5.41, 5.74) is 0.255. The highest BCUT2D eigenvalue weighted by molar-refractivity contribution is 5.47. The van der Waals surface area contributed by atoms with Gasteiger partial charge in [0.25, 0.3) is 5.56 Å². The van der Waals surface area contributed by atoms with Gasteiger partial charge in [0.15, 0.2) is 11.5 Å². The Balaban J connectivity index is 1.64. The van der Waals surface area contributed by atoms with Gasteiger partial charge < -0.3 is 5.32 Å². The van der Waals surface area contributed by atoms with Crippen molar-refractivity contribution in [3.05, 3.63) is 46.8 Å². The molecule has 0 atom stereocenters. The molecular weight excluding hydrogens is 280 g/mol. The van der Waals surface area contributed by atoms with Crippen LogP contribution < -0.4 is 10.9 Å². The average molecular weight is 296 g/mol. The molecule has 1 aliphatic carbocycles. The van der Waals surface area contributed by atoms with Crippen LogP contribution in [0.2, 0.25) is 0 Å². The SMILES string of the molecule is N#Cc1nccnc1NC1CCC(n2ncccc2=O)CC1. The van der Waals surface area contributed by atoms with Crippen LogP contribution in [0, 0.1) is 11.3 Å². The molecule has 0 unspecified atom stereocenters. The first kappa shape index (κ1) is 14.2. The zero-order valence-corrected chi connectivity index (χ0v) is 12.0.